The van der Waals surface area contributed by atoms with Gasteiger partial charge in [0.25, 0.3) is 0 Å². The summed E-state index contributed by atoms with van der Waals surface area (Å²) in [6.07, 6.45) is 0. The Balaban J connectivity index is 2.46. The summed E-state index contributed by atoms with van der Waals surface area (Å²) in [4.78, 5) is 12.4. The number of hydrogen-bond acceptors (Lipinski definition) is 2. The summed E-state index contributed by atoms with van der Waals surface area (Å²) in [5.41, 5.74) is 1.26. The van der Waals surface area contributed by atoms with E-state index >= 15 is 0 Å². The molecular weight excluding hydrogens is 340 g/mol. The second-order valence-electron chi connectivity index (χ2n) is 4.61. The summed E-state index contributed by atoms with van der Waals surface area (Å²) in [5, 5.41) is 9.21. The Morgan fingerprint density at radius 2 is 1.81 bits per heavy atom. The Bertz CT molecular complexity index is 732. The van der Waals surface area contributed by atoms with E-state index in [1.165, 1.54) is 0 Å². The van der Waals surface area contributed by atoms with E-state index in [4.69, 9.17) is 0 Å². The monoisotopic (exact) mass is 349 g/mol. The van der Waals surface area contributed by atoms with Gasteiger partial charge in [-0.3, -0.25) is 4.79 Å². The molecule has 0 bridgehead atoms. The maximum atomic E-state index is 13.3. The second kappa shape index (κ2) is 6.15. The number of rotatable bonds is 3. The minimum absolute atomic E-state index is 0.00692. The number of hydrogen-bond donors (Lipinski definition) is 0. The highest BCUT2D eigenvalue weighted by Gasteiger charge is 2.24. The van der Waals surface area contributed by atoms with Crippen LogP contribution >= 0.6 is 15.9 Å². The van der Waals surface area contributed by atoms with Crippen LogP contribution in [0, 0.1) is 29.9 Å². The molecule has 2 aromatic rings. The fraction of sp³-hybridized carbons (Fsp3) is 0.125. The Kier molecular flexibility index (Phi) is 4.49. The fourth-order valence-electron chi connectivity index (χ4n) is 2.00. The number of benzene rings is 2. The number of halogens is 3. The van der Waals surface area contributed by atoms with Crippen LogP contribution in [0.25, 0.3) is 0 Å². The van der Waals surface area contributed by atoms with Crippen LogP contribution in [-0.4, -0.2) is 5.78 Å². The van der Waals surface area contributed by atoms with E-state index in [0.717, 1.165) is 17.7 Å². The fourth-order valence-corrected chi connectivity index (χ4v) is 2.69. The molecule has 0 amide bonds. The molecule has 21 heavy (non-hydrogen) atoms. The number of carbonyl (C=O) groups is 1. The number of Topliss-reactive ketones (excluding diaryl/α,β-unsaturated/α-hetero) is 1. The van der Waals surface area contributed by atoms with E-state index in [2.05, 4.69) is 15.9 Å². The highest BCUT2D eigenvalue weighted by Crippen LogP contribution is 2.27. The molecular formula is C16H10BrF2NO. The Morgan fingerprint density at radius 1 is 1.19 bits per heavy atom. The lowest BCUT2D eigenvalue weighted by Gasteiger charge is -2.11. The zero-order valence-electron chi connectivity index (χ0n) is 11.0. The Labute approximate surface area is 129 Å². The number of nitriles is 1. The van der Waals surface area contributed by atoms with Crippen LogP contribution < -0.4 is 0 Å². The molecule has 2 aromatic carbocycles. The van der Waals surface area contributed by atoms with Crippen LogP contribution in [-0.2, 0) is 0 Å². The molecule has 0 fully saturated rings. The molecule has 0 aromatic heterocycles. The first-order chi connectivity index (χ1) is 9.92. The Morgan fingerprint density at radius 3 is 2.33 bits per heavy atom. The molecule has 0 aliphatic carbocycles. The van der Waals surface area contributed by atoms with Crippen molar-refractivity contribution in [3.05, 3.63) is 69.2 Å². The largest absolute Gasteiger partial charge is 0.292 e. The molecule has 0 spiro atoms. The summed E-state index contributed by atoms with van der Waals surface area (Å²) in [7, 11) is 0. The maximum absolute atomic E-state index is 13.3. The quantitative estimate of drug-likeness (QED) is 0.764. The molecule has 106 valence electrons. The molecule has 0 radical (unpaired) electrons. The topological polar surface area (TPSA) is 40.9 Å². The van der Waals surface area contributed by atoms with Crippen LogP contribution in [0.3, 0.4) is 0 Å². The highest BCUT2D eigenvalue weighted by molar-refractivity contribution is 9.10. The van der Waals surface area contributed by atoms with Gasteiger partial charge in [-0.1, -0.05) is 22.0 Å². The smallest absolute Gasteiger partial charge is 0.185 e. The van der Waals surface area contributed by atoms with Gasteiger partial charge in [-0.2, -0.15) is 5.26 Å². The van der Waals surface area contributed by atoms with Crippen LogP contribution in [0.15, 0.2) is 40.9 Å². The van der Waals surface area contributed by atoms with Crippen molar-refractivity contribution in [3.63, 3.8) is 0 Å². The van der Waals surface area contributed by atoms with Crippen molar-refractivity contribution >= 4 is 21.7 Å². The van der Waals surface area contributed by atoms with E-state index in [0.29, 0.717) is 16.1 Å². The third-order valence-electron chi connectivity index (χ3n) is 3.00. The van der Waals surface area contributed by atoms with Crippen molar-refractivity contribution in [1.82, 2.24) is 0 Å². The van der Waals surface area contributed by atoms with Crippen LogP contribution in [0.2, 0.25) is 0 Å². The Hall–Kier alpha value is -2.06. The lowest BCUT2D eigenvalue weighted by atomic mass is 9.91. The van der Waals surface area contributed by atoms with Crippen molar-refractivity contribution in [2.24, 2.45) is 0 Å². The minimum Gasteiger partial charge on any atom is -0.292 e. The number of aryl methyl sites for hydroxylation is 1. The second-order valence-corrected chi connectivity index (χ2v) is 5.47. The maximum Gasteiger partial charge on any atom is 0.185 e. The summed E-state index contributed by atoms with van der Waals surface area (Å²) in [6, 6.07) is 9.57. The number of nitrogens with zero attached hydrogens (tertiary/aromatic N) is 1. The first-order valence-electron chi connectivity index (χ1n) is 6.08. The van der Waals surface area contributed by atoms with E-state index in [-0.39, 0.29) is 5.56 Å². The number of ketones is 1. The van der Waals surface area contributed by atoms with Gasteiger partial charge in [0.15, 0.2) is 5.78 Å². The first kappa shape index (κ1) is 15.3. The molecule has 5 heteroatoms. The standard InChI is InChI=1S/C16H10BrF2NO/c1-9-2-3-13(15(17)4-9)16(21)14(8-20)10-5-11(18)7-12(19)6-10/h2-7,14H,1H3. The normalized spacial score (nSPS) is 11.8. The van der Waals surface area contributed by atoms with Crippen molar-refractivity contribution in [2.75, 3.05) is 0 Å². The summed E-state index contributed by atoms with van der Waals surface area (Å²) < 4.78 is 27.1. The van der Waals surface area contributed by atoms with Gasteiger partial charge in [0.1, 0.15) is 17.6 Å². The van der Waals surface area contributed by atoms with Crippen molar-refractivity contribution in [3.8, 4) is 6.07 Å². The summed E-state index contributed by atoms with van der Waals surface area (Å²) in [5.74, 6) is -3.40. The third kappa shape index (κ3) is 3.34. The lowest BCUT2D eigenvalue weighted by molar-refractivity contribution is 0.0978. The zero-order valence-corrected chi connectivity index (χ0v) is 12.6. The SMILES string of the molecule is Cc1ccc(C(=O)C(C#N)c2cc(F)cc(F)c2)c(Br)c1. The predicted molar refractivity (Wildman–Crippen MR) is 77.9 cm³/mol. The zero-order chi connectivity index (χ0) is 15.6. The van der Waals surface area contributed by atoms with E-state index < -0.39 is 23.3 Å². The molecule has 0 aliphatic rings. The molecule has 1 unspecified atom stereocenters. The molecule has 1 atom stereocenters. The molecule has 0 N–H and O–H groups in total. The van der Waals surface area contributed by atoms with Gasteiger partial charge in [0, 0.05) is 16.1 Å². The highest BCUT2D eigenvalue weighted by atomic mass is 79.9. The third-order valence-corrected chi connectivity index (χ3v) is 3.66. The van der Waals surface area contributed by atoms with Crippen LogP contribution in [0.5, 0.6) is 0 Å². The molecule has 0 saturated heterocycles. The van der Waals surface area contributed by atoms with Gasteiger partial charge in [-0.25, -0.2) is 8.78 Å². The van der Waals surface area contributed by atoms with Crippen LogP contribution in [0.4, 0.5) is 8.78 Å². The van der Waals surface area contributed by atoms with Gasteiger partial charge >= 0.3 is 0 Å². The van der Waals surface area contributed by atoms with Crippen molar-refractivity contribution in [2.45, 2.75) is 12.8 Å². The van der Waals surface area contributed by atoms with Gasteiger partial charge in [0.2, 0.25) is 0 Å². The first-order valence-corrected chi connectivity index (χ1v) is 6.87. The van der Waals surface area contributed by atoms with E-state index in [1.54, 1.807) is 18.2 Å². The number of carbonyl (C=O) groups excluding carboxylic acids is 1. The van der Waals surface area contributed by atoms with Crippen molar-refractivity contribution < 1.29 is 13.6 Å². The van der Waals surface area contributed by atoms with Gasteiger partial charge in [-0.15, -0.1) is 0 Å². The molecule has 2 rings (SSSR count). The van der Waals surface area contributed by atoms with Gasteiger partial charge < -0.3 is 0 Å². The summed E-state index contributed by atoms with van der Waals surface area (Å²) in [6.45, 7) is 1.86. The molecule has 0 saturated carbocycles. The van der Waals surface area contributed by atoms with Gasteiger partial charge in [-0.05, 0) is 42.3 Å². The van der Waals surface area contributed by atoms with Crippen LogP contribution in [0.1, 0.15) is 27.4 Å². The average Bonchev–Trinajstić information content (AvgIpc) is 2.38. The predicted octanol–water partition coefficient (Wildman–Crippen LogP) is 4.53. The minimum atomic E-state index is -1.26. The molecule has 0 heterocycles. The van der Waals surface area contributed by atoms with Gasteiger partial charge in [0.05, 0.1) is 6.07 Å². The average molecular weight is 350 g/mol. The van der Waals surface area contributed by atoms with E-state index in [1.807, 2.05) is 13.0 Å². The molecule has 0 aliphatic heterocycles. The van der Waals surface area contributed by atoms with Crippen molar-refractivity contribution in [1.29, 1.82) is 5.26 Å². The van der Waals surface area contributed by atoms with E-state index in [9.17, 15) is 18.8 Å². The summed E-state index contributed by atoms with van der Waals surface area (Å²) >= 11 is 3.27. The molecule has 2 nitrogen and oxygen atoms in total. The lowest BCUT2D eigenvalue weighted by Crippen LogP contribution is -2.12.